The Labute approximate surface area is 117 Å². The Bertz CT molecular complexity index is 385. The van der Waals surface area contributed by atoms with E-state index in [9.17, 15) is 0 Å². The minimum Gasteiger partial charge on any atom is -0.493 e. The number of ether oxygens (including phenoxy) is 2. The number of benzene rings is 1. The summed E-state index contributed by atoms with van der Waals surface area (Å²) < 4.78 is 11.3. The molecule has 0 radical (unpaired) electrons. The summed E-state index contributed by atoms with van der Waals surface area (Å²) in [6.45, 7) is 3.68. The first-order valence-electron chi connectivity index (χ1n) is 4.92. The number of hydrogen-bond donors (Lipinski definition) is 1. The van der Waals surface area contributed by atoms with Gasteiger partial charge in [0, 0.05) is 10.5 Å². The lowest BCUT2D eigenvalue weighted by atomic mass is 10.0. The van der Waals surface area contributed by atoms with Crippen LogP contribution in [-0.4, -0.2) is 14.2 Å². The molecule has 0 bridgehead atoms. The zero-order valence-corrected chi connectivity index (χ0v) is 12.3. The zero-order chi connectivity index (χ0) is 12.1. The second-order valence-corrected chi connectivity index (χ2v) is 4.21. The Morgan fingerprint density at radius 1 is 1.35 bits per heavy atom. The maximum absolute atomic E-state index is 6.02. The van der Waals surface area contributed by atoms with Crippen LogP contribution in [0.3, 0.4) is 0 Å². The van der Waals surface area contributed by atoms with Crippen molar-refractivity contribution in [3.8, 4) is 11.5 Å². The molecule has 0 amide bonds. The largest absolute Gasteiger partial charge is 0.493 e. The van der Waals surface area contributed by atoms with Gasteiger partial charge < -0.3 is 15.2 Å². The maximum Gasteiger partial charge on any atom is 0.161 e. The van der Waals surface area contributed by atoms with Crippen LogP contribution in [0.25, 0.3) is 0 Å². The maximum atomic E-state index is 6.02. The van der Waals surface area contributed by atoms with Crippen LogP contribution in [0.15, 0.2) is 29.3 Å². The quantitative estimate of drug-likeness (QED) is 0.844. The Balaban J connectivity index is 0.00000256. The van der Waals surface area contributed by atoms with Gasteiger partial charge in [-0.3, -0.25) is 0 Å². The number of methoxy groups -OCH3 is 2. The Morgan fingerprint density at radius 2 is 1.88 bits per heavy atom. The monoisotopic (exact) mass is 321 g/mol. The van der Waals surface area contributed by atoms with E-state index in [1.807, 2.05) is 12.1 Å². The number of nitrogens with two attached hydrogens (primary N) is 1. The van der Waals surface area contributed by atoms with Crippen LogP contribution < -0.4 is 15.2 Å². The van der Waals surface area contributed by atoms with Gasteiger partial charge in [0.15, 0.2) is 11.5 Å². The second-order valence-electron chi connectivity index (χ2n) is 3.36. The highest BCUT2D eigenvalue weighted by atomic mass is 79.9. The summed E-state index contributed by atoms with van der Waals surface area (Å²) >= 11 is 3.47. The van der Waals surface area contributed by atoms with Crippen molar-refractivity contribution in [1.29, 1.82) is 0 Å². The van der Waals surface area contributed by atoms with Gasteiger partial charge in [-0.25, -0.2) is 0 Å². The normalized spacial score (nSPS) is 11.3. The predicted molar refractivity (Wildman–Crippen MR) is 76.2 cm³/mol. The van der Waals surface area contributed by atoms with Crippen molar-refractivity contribution in [2.45, 2.75) is 12.5 Å². The first-order valence-corrected chi connectivity index (χ1v) is 5.71. The van der Waals surface area contributed by atoms with Crippen LogP contribution in [0.2, 0.25) is 0 Å². The number of halogens is 2. The molecular weight excluding hydrogens is 305 g/mol. The number of hydrogen-bond acceptors (Lipinski definition) is 3. The van der Waals surface area contributed by atoms with Crippen molar-refractivity contribution >= 4 is 28.3 Å². The van der Waals surface area contributed by atoms with Gasteiger partial charge in [0.25, 0.3) is 0 Å². The van der Waals surface area contributed by atoms with Gasteiger partial charge in [-0.15, -0.1) is 19.0 Å². The van der Waals surface area contributed by atoms with Crippen LogP contribution in [0.1, 0.15) is 18.0 Å². The highest BCUT2D eigenvalue weighted by Crippen LogP contribution is 2.36. The average Bonchev–Trinajstić information content (AvgIpc) is 2.28. The zero-order valence-electron chi connectivity index (χ0n) is 9.90. The van der Waals surface area contributed by atoms with Gasteiger partial charge in [-0.1, -0.05) is 22.0 Å². The molecule has 0 fully saturated rings. The summed E-state index contributed by atoms with van der Waals surface area (Å²) in [5.41, 5.74) is 7.01. The molecule has 0 aliphatic carbocycles. The standard InChI is InChI=1S/C12H16BrNO2.ClH/c1-4-5-10(14)8-6-11(15-2)12(16-3)7-9(8)13;/h4,6-7,10H,1,5,14H2,2-3H3;1H/t10-;/m1./s1. The van der Waals surface area contributed by atoms with E-state index >= 15 is 0 Å². The molecule has 1 atom stereocenters. The molecule has 1 aromatic carbocycles. The molecule has 0 heterocycles. The van der Waals surface area contributed by atoms with E-state index in [1.54, 1.807) is 20.3 Å². The van der Waals surface area contributed by atoms with Crippen molar-refractivity contribution in [2.75, 3.05) is 14.2 Å². The third-order valence-corrected chi connectivity index (χ3v) is 3.01. The fraction of sp³-hybridized carbons (Fsp3) is 0.333. The lowest BCUT2D eigenvalue weighted by Gasteiger charge is -2.15. The molecule has 17 heavy (non-hydrogen) atoms. The highest BCUT2D eigenvalue weighted by molar-refractivity contribution is 9.10. The van der Waals surface area contributed by atoms with Crippen molar-refractivity contribution in [3.63, 3.8) is 0 Å². The Kier molecular flexibility index (Phi) is 7.27. The van der Waals surface area contributed by atoms with Gasteiger partial charge >= 0.3 is 0 Å². The van der Waals surface area contributed by atoms with E-state index in [4.69, 9.17) is 15.2 Å². The van der Waals surface area contributed by atoms with Gasteiger partial charge in [-0.05, 0) is 24.1 Å². The molecule has 1 aromatic rings. The van der Waals surface area contributed by atoms with Gasteiger partial charge in [-0.2, -0.15) is 0 Å². The van der Waals surface area contributed by atoms with Crippen LogP contribution >= 0.6 is 28.3 Å². The third-order valence-electron chi connectivity index (χ3n) is 2.32. The molecule has 0 aliphatic heterocycles. The molecule has 96 valence electrons. The van der Waals surface area contributed by atoms with Crippen LogP contribution in [0, 0.1) is 0 Å². The fourth-order valence-electron chi connectivity index (χ4n) is 1.46. The molecule has 0 spiro atoms. The van der Waals surface area contributed by atoms with E-state index in [-0.39, 0.29) is 18.4 Å². The molecule has 2 N–H and O–H groups in total. The van der Waals surface area contributed by atoms with E-state index < -0.39 is 0 Å². The molecule has 0 unspecified atom stereocenters. The molecule has 5 heteroatoms. The molecule has 0 aliphatic rings. The summed E-state index contributed by atoms with van der Waals surface area (Å²) in [6, 6.07) is 3.65. The molecule has 0 saturated heterocycles. The van der Waals surface area contributed by atoms with Crippen molar-refractivity contribution in [1.82, 2.24) is 0 Å². The first-order chi connectivity index (χ1) is 7.63. The van der Waals surface area contributed by atoms with Crippen LogP contribution in [-0.2, 0) is 0 Å². The minimum atomic E-state index is -0.0910. The lowest BCUT2D eigenvalue weighted by molar-refractivity contribution is 0.354. The van der Waals surface area contributed by atoms with E-state index in [1.165, 1.54) is 0 Å². The van der Waals surface area contributed by atoms with E-state index in [2.05, 4.69) is 22.5 Å². The molecule has 3 nitrogen and oxygen atoms in total. The van der Waals surface area contributed by atoms with Gasteiger partial charge in [0.2, 0.25) is 0 Å². The topological polar surface area (TPSA) is 44.5 Å². The summed E-state index contributed by atoms with van der Waals surface area (Å²) in [4.78, 5) is 0. The smallest absolute Gasteiger partial charge is 0.161 e. The first kappa shape index (κ1) is 16.3. The minimum absolute atomic E-state index is 0. The molecule has 0 saturated carbocycles. The molecular formula is C12H17BrClNO2. The Hall–Kier alpha value is -0.710. The van der Waals surface area contributed by atoms with Gasteiger partial charge in [0.05, 0.1) is 14.2 Å². The highest BCUT2D eigenvalue weighted by Gasteiger charge is 2.13. The SMILES string of the molecule is C=CC[C@@H](N)c1cc(OC)c(OC)cc1Br.Cl. The average molecular weight is 323 g/mol. The van der Waals surface area contributed by atoms with Crippen LogP contribution in [0.4, 0.5) is 0 Å². The molecule has 0 aromatic heterocycles. The third kappa shape index (κ3) is 3.91. The molecule has 1 rings (SSSR count). The number of rotatable bonds is 5. The van der Waals surface area contributed by atoms with E-state index in [0.29, 0.717) is 17.9 Å². The fourth-order valence-corrected chi connectivity index (χ4v) is 2.08. The second kappa shape index (κ2) is 7.58. The van der Waals surface area contributed by atoms with E-state index in [0.717, 1.165) is 10.0 Å². The van der Waals surface area contributed by atoms with Crippen LogP contribution in [0.5, 0.6) is 11.5 Å². The van der Waals surface area contributed by atoms with Crippen molar-refractivity contribution in [2.24, 2.45) is 5.73 Å². The predicted octanol–water partition coefficient (Wildman–Crippen LogP) is 3.46. The summed E-state index contributed by atoms with van der Waals surface area (Å²) in [7, 11) is 3.21. The van der Waals surface area contributed by atoms with Crippen molar-refractivity contribution in [3.05, 3.63) is 34.8 Å². The summed E-state index contributed by atoms with van der Waals surface area (Å²) in [5, 5.41) is 0. The Morgan fingerprint density at radius 3 is 2.35 bits per heavy atom. The van der Waals surface area contributed by atoms with Gasteiger partial charge in [0.1, 0.15) is 0 Å². The summed E-state index contributed by atoms with van der Waals surface area (Å²) in [5.74, 6) is 1.36. The lowest BCUT2D eigenvalue weighted by Crippen LogP contribution is -2.10. The summed E-state index contributed by atoms with van der Waals surface area (Å²) in [6.07, 6.45) is 2.52. The van der Waals surface area contributed by atoms with Crippen molar-refractivity contribution < 1.29 is 9.47 Å².